The number of benzene rings is 1. The average Bonchev–Trinajstić information content (AvgIpc) is 2.72. The summed E-state index contributed by atoms with van der Waals surface area (Å²) >= 11 is 5.03. The summed E-state index contributed by atoms with van der Waals surface area (Å²) in [4.78, 5) is 0. The number of hydrogen-bond donors (Lipinski definition) is 2. The van der Waals surface area contributed by atoms with E-state index in [9.17, 15) is 8.42 Å². The van der Waals surface area contributed by atoms with Crippen LogP contribution in [0, 0.1) is 0 Å². The summed E-state index contributed by atoms with van der Waals surface area (Å²) < 4.78 is 26.1. The van der Waals surface area contributed by atoms with Crippen LogP contribution in [0.3, 0.4) is 0 Å². The van der Waals surface area contributed by atoms with Crippen LogP contribution >= 0.6 is 27.3 Å². The van der Waals surface area contributed by atoms with Crippen molar-refractivity contribution in [1.82, 2.24) is 0 Å². The molecule has 19 heavy (non-hydrogen) atoms. The smallest absolute Gasteiger partial charge is 0.229 e. The molecule has 0 aliphatic carbocycles. The van der Waals surface area contributed by atoms with Gasteiger partial charge in [0.25, 0.3) is 0 Å². The van der Waals surface area contributed by atoms with Gasteiger partial charge in [-0.05, 0) is 45.1 Å². The Morgan fingerprint density at radius 2 is 1.95 bits per heavy atom. The number of thiophene rings is 1. The number of para-hydroxylation sites is 2. The highest BCUT2D eigenvalue weighted by atomic mass is 79.9. The van der Waals surface area contributed by atoms with E-state index in [0.29, 0.717) is 12.2 Å². The van der Waals surface area contributed by atoms with E-state index in [1.54, 1.807) is 23.5 Å². The fourth-order valence-corrected chi connectivity index (χ4v) is 3.35. The van der Waals surface area contributed by atoms with Crippen molar-refractivity contribution in [3.05, 3.63) is 45.1 Å². The fraction of sp³-hybridized carbons (Fsp3) is 0.167. The molecule has 0 bridgehead atoms. The highest BCUT2D eigenvalue weighted by Gasteiger charge is 2.06. The van der Waals surface area contributed by atoms with E-state index in [-0.39, 0.29) is 0 Å². The summed E-state index contributed by atoms with van der Waals surface area (Å²) in [5, 5.41) is 5.27. The summed E-state index contributed by atoms with van der Waals surface area (Å²) in [5.41, 5.74) is 2.46. The minimum atomic E-state index is -3.27. The van der Waals surface area contributed by atoms with Gasteiger partial charge in [-0.25, -0.2) is 8.42 Å². The number of anilines is 2. The summed E-state index contributed by atoms with van der Waals surface area (Å²) in [6.07, 6.45) is 1.14. The molecule has 0 radical (unpaired) electrons. The van der Waals surface area contributed by atoms with Crippen LogP contribution in [0.4, 0.5) is 11.4 Å². The van der Waals surface area contributed by atoms with Crippen LogP contribution < -0.4 is 10.0 Å². The lowest BCUT2D eigenvalue weighted by atomic mass is 10.2. The van der Waals surface area contributed by atoms with Gasteiger partial charge in [0.15, 0.2) is 0 Å². The van der Waals surface area contributed by atoms with Crippen molar-refractivity contribution in [2.75, 3.05) is 16.3 Å². The van der Waals surface area contributed by atoms with Gasteiger partial charge in [0.2, 0.25) is 10.0 Å². The second-order valence-electron chi connectivity index (χ2n) is 4.03. The third kappa shape index (κ3) is 4.52. The molecule has 7 heteroatoms. The van der Waals surface area contributed by atoms with E-state index in [1.807, 2.05) is 23.6 Å². The molecule has 1 heterocycles. The summed E-state index contributed by atoms with van der Waals surface area (Å²) in [6.45, 7) is 0.643. The molecule has 1 aromatic heterocycles. The maximum atomic E-state index is 11.3. The first-order chi connectivity index (χ1) is 8.94. The Morgan fingerprint density at radius 1 is 1.26 bits per heavy atom. The van der Waals surface area contributed by atoms with Crippen molar-refractivity contribution < 1.29 is 8.42 Å². The Hall–Kier alpha value is -1.05. The van der Waals surface area contributed by atoms with Crippen LogP contribution in [0.2, 0.25) is 0 Å². The van der Waals surface area contributed by atoms with E-state index < -0.39 is 10.0 Å². The van der Waals surface area contributed by atoms with Crippen molar-refractivity contribution >= 4 is 48.7 Å². The predicted octanol–water partition coefficient (Wildman–Crippen LogP) is 3.49. The zero-order valence-electron chi connectivity index (χ0n) is 10.2. The zero-order chi connectivity index (χ0) is 13.9. The molecule has 0 saturated carbocycles. The van der Waals surface area contributed by atoms with E-state index in [0.717, 1.165) is 21.3 Å². The Balaban J connectivity index is 2.11. The first-order valence-electron chi connectivity index (χ1n) is 5.47. The number of hydrogen-bond acceptors (Lipinski definition) is 4. The van der Waals surface area contributed by atoms with E-state index in [1.165, 1.54) is 0 Å². The van der Waals surface area contributed by atoms with E-state index in [2.05, 4.69) is 26.0 Å². The number of rotatable bonds is 5. The van der Waals surface area contributed by atoms with E-state index in [4.69, 9.17) is 0 Å². The van der Waals surface area contributed by atoms with Gasteiger partial charge in [-0.15, -0.1) is 11.3 Å². The molecule has 0 spiro atoms. The van der Waals surface area contributed by atoms with Gasteiger partial charge >= 0.3 is 0 Å². The Kier molecular flexibility index (Phi) is 4.49. The van der Waals surface area contributed by atoms with Gasteiger partial charge in [-0.1, -0.05) is 12.1 Å². The van der Waals surface area contributed by atoms with Gasteiger partial charge in [-0.3, -0.25) is 4.72 Å². The van der Waals surface area contributed by atoms with Gasteiger partial charge in [-0.2, -0.15) is 0 Å². The lowest BCUT2D eigenvalue weighted by Crippen LogP contribution is -2.11. The summed E-state index contributed by atoms with van der Waals surface area (Å²) in [5.74, 6) is 0. The van der Waals surface area contributed by atoms with Crippen LogP contribution in [-0.4, -0.2) is 14.7 Å². The van der Waals surface area contributed by atoms with Crippen LogP contribution in [0.5, 0.6) is 0 Å². The average molecular weight is 361 g/mol. The largest absolute Gasteiger partial charge is 0.379 e. The molecular weight excluding hydrogens is 348 g/mol. The van der Waals surface area contributed by atoms with E-state index >= 15 is 0 Å². The van der Waals surface area contributed by atoms with Crippen molar-refractivity contribution in [3.63, 3.8) is 0 Å². The van der Waals surface area contributed by atoms with Crippen molar-refractivity contribution in [3.8, 4) is 0 Å². The van der Waals surface area contributed by atoms with Crippen LogP contribution in [0.1, 0.15) is 5.56 Å². The molecule has 0 saturated heterocycles. The highest BCUT2D eigenvalue weighted by molar-refractivity contribution is 9.11. The molecule has 0 amide bonds. The minimum Gasteiger partial charge on any atom is -0.379 e. The van der Waals surface area contributed by atoms with Crippen molar-refractivity contribution in [2.24, 2.45) is 0 Å². The quantitative estimate of drug-likeness (QED) is 0.857. The Labute approximate surface area is 125 Å². The molecule has 0 atom stereocenters. The maximum absolute atomic E-state index is 11.3. The van der Waals surface area contributed by atoms with Crippen LogP contribution in [0.15, 0.2) is 39.5 Å². The number of sulfonamides is 1. The zero-order valence-corrected chi connectivity index (χ0v) is 13.4. The molecule has 102 valence electrons. The standard InChI is InChI=1S/C12H13BrN2O2S2/c1-19(16,17)15-11-5-3-2-4-10(11)14-7-9-6-12(13)18-8-9/h2-6,8,14-15H,7H2,1H3. The first kappa shape index (κ1) is 14.4. The molecule has 4 nitrogen and oxygen atoms in total. The SMILES string of the molecule is CS(=O)(=O)Nc1ccccc1NCc1csc(Br)c1. The third-order valence-electron chi connectivity index (χ3n) is 2.33. The second-order valence-corrected chi connectivity index (χ2v) is 8.07. The summed E-state index contributed by atoms with van der Waals surface area (Å²) in [7, 11) is -3.27. The molecule has 2 aromatic rings. The van der Waals surface area contributed by atoms with Crippen molar-refractivity contribution in [2.45, 2.75) is 6.54 Å². The Bertz CT molecular complexity index is 668. The van der Waals surface area contributed by atoms with Gasteiger partial charge in [0.05, 0.1) is 21.4 Å². The minimum absolute atomic E-state index is 0.555. The predicted molar refractivity (Wildman–Crippen MR) is 84.3 cm³/mol. The molecular formula is C12H13BrN2O2S2. The second kappa shape index (κ2) is 5.94. The monoisotopic (exact) mass is 360 g/mol. The Morgan fingerprint density at radius 3 is 2.53 bits per heavy atom. The normalized spacial score (nSPS) is 11.3. The van der Waals surface area contributed by atoms with Crippen molar-refractivity contribution in [1.29, 1.82) is 0 Å². The molecule has 2 N–H and O–H groups in total. The molecule has 0 aliphatic heterocycles. The van der Waals surface area contributed by atoms with Crippen LogP contribution in [-0.2, 0) is 16.6 Å². The molecule has 1 aromatic carbocycles. The summed E-state index contributed by atoms with van der Waals surface area (Å²) in [6, 6.07) is 9.26. The van der Waals surface area contributed by atoms with Gasteiger partial charge in [0.1, 0.15) is 0 Å². The maximum Gasteiger partial charge on any atom is 0.229 e. The van der Waals surface area contributed by atoms with Gasteiger partial charge in [0, 0.05) is 6.54 Å². The lowest BCUT2D eigenvalue weighted by Gasteiger charge is -2.12. The lowest BCUT2D eigenvalue weighted by molar-refractivity contribution is 0.607. The molecule has 0 unspecified atom stereocenters. The number of halogens is 1. The van der Waals surface area contributed by atoms with Crippen LogP contribution in [0.25, 0.3) is 0 Å². The highest BCUT2D eigenvalue weighted by Crippen LogP contribution is 2.25. The molecule has 2 rings (SSSR count). The topological polar surface area (TPSA) is 58.2 Å². The third-order valence-corrected chi connectivity index (χ3v) is 4.47. The van der Waals surface area contributed by atoms with Gasteiger partial charge < -0.3 is 5.32 Å². The molecule has 0 fully saturated rings. The molecule has 0 aliphatic rings. The fourth-order valence-electron chi connectivity index (χ4n) is 1.56. The first-order valence-corrected chi connectivity index (χ1v) is 9.04. The number of nitrogens with one attached hydrogen (secondary N) is 2.